The summed E-state index contributed by atoms with van der Waals surface area (Å²) in [7, 11) is 0. The largest absolute Gasteiger partial charge is 0.369 e. The SMILES string of the molecule is C=CC[C@H](C(N)=O)[C@@H](CC1CCCC1)C(=O)NC1CN(c2ccccc2)c2ccccc2N(Cc2cccc(-c3ccc(F)c(Cl)c3)c2)C1=O. The second-order valence-electron chi connectivity index (χ2n) is 13.3. The zero-order valence-corrected chi connectivity index (χ0v) is 28.7. The van der Waals surface area contributed by atoms with Crippen LogP contribution in [0.4, 0.5) is 21.5 Å². The minimum absolute atomic E-state index is 0.0296. The predicted molar refractivity (Wildman–Crippen MR) is 197 cm³/mol. The van der Waals surface area contributed by atoms with Crippen LogP contribution in [0.1, 0.15) is 44.1 Å². The van der Waals surface area contributed by atoms with Gasteiger partial charge in [-0.2, -0.15) is 0 Å². The minimum atomic E-state index is -0.947. The summed E-state index contributed by atoms with van der Waals surface area (Å²) in [5, 5.41) is 3.14. The molecule has 9 heteroatoms. The maximum Gasteiger partial charge on any atom is 0.251 e. The first kappa shape index (κ1) is 34.9. The number of primary amides is 1. The number of carbonyl (C=O) groups is 3. The first-order chi connectivity index (χ1) is 24.2. The molecule has 1 aliphatic carbocycles. The highest BCUT2D eigenvalue weighted by Gasteiger charge is 2.39. The Morgan fingerprint density at radius 2 is 1.62 bits per heavy atom. The molecule has 6 rings (SSSR count). The highest BCUT2D eigenvalue weighted by atomic mass is 35.5. The van der Waals surface area contributed by atoms with Crippen molar-refractivity contribution in [1.82, 2.24) is 5.32 Å². The number of halogens is 2. The highest BCUT2D eigenvalue weighted by Crippen LogP contribution is 2.39. The molecule has 7 nitrogen and oxygen atoms in total. The summed E-state index contributed by atoms with van der Waals surface area (Å²) in [5.41, 5.74) is 10.7. The molecule has 1 saturated carbocycles. The predicted octanol–water partition coefficient (Wildman–Crippen LogP) is 8.19. The number of hydrogen-bond donors (Lipinski definition) is 2. The number of nitrogens with one attached hydrogen (secondary N) is 1. The molecule has 0 bridgehead atoms. The molecule has 0 saturated heterocycles. The normalized spacial score (nSPS) is 17.5. The fourth-order valence-corrected chi connectivity index (χ4v) is 7.59. The van der Waals surface area contributed by atoms with Gasteiger partial charge in [0.05, 0.1) is 41.3 Å². The Labute approximate surface area is 297 Å². The molecular formula is C41H42ClFN4O3. The topological polar surface area (TPSA) is 95.7 Å². The van der Waals surface area contributed by atoms with Crippen molar-refractivity contribution in [2.45, 2.75) is 51.1 Å². The first-order valence-electron chi connectivity index (χ1n) is 17.2. The third kappa shape index (κ3) is 7.76. The molecule has 0 spiro atoms. The molecule has 4 aromatic carbocycles. The van der Waals surface area contributed by atoms with Gasteiger partial charge in [0.25, 0.3) is 5.91 Å². The third-order valence-electron chi connectivity index (χ3n) is 9.97. The summed E-state index contributed by atoms with van der Waals surface area (Å²) in [6.45, 7) is 4.20. The van der Waals surface area contributed by atoms with Crippen molar-refractivity contribution in [2.75, 3.05) is 16.3 Å². The van der Waals surface area contributed by atoms with Crippen LogP contribution in [0, 0.1) is 23.6 Å². The number of nitrogens with two attached hydrogens (primary N) is 1. The second-order valence-corrected chi connectivity index (χ2v) is 13.7. The van der Waals surface area contributed by atoms with Gasteiger partial charge in [0, 0.05) is 5.69 Å². The number of para-hydroxylation sites is 3. The summed E-state index contributed by atoms with van der Waals surface area (Å²) in [6, 6.07) is 28.8. The van der Waals surface area contributed by atoms with Gasteiger partial charge in [0.15, 0.2) is 0 Å². The smallest absolute Gasteiger partial charge is 0.251 e. The molecule has 50 heavy (non-hydrogen) atoms. The average Bonchev–Trinajstić information content (AvgIpc) is 3.62. The Morgan fingerprint density at radius 3 is 2.32 bits per heavy atom. The van der Waals surface area contributed by atoms with Crippen LogP contribution >= 0.6 is 11.6 Å². The average molecular weight is 693 g/mol. The van der Waals surface area contributed by atoms with Crippen molar-refractivity contribution in [3.05, 3.63) is 126 Å². The fourth-order valence-electron chi connectivity index (χ4n) is 7.41. The molecular weight excluding hydrogens is 651 g/mol. The quantitative estimate of drug-likeness (QED) is 0.146. The van der Waals surface area contributed by atoms with Gasteiger partial charge in [-0.25, -0.2) is 4.39 Å². The van der Waals surface area contributed by atoms with E-state index in [0.29, 0.717) is 18.0 Å². The van der Waals surface area contributed by atoms with E-state index in [2.05, 4.69) is 16.8 Å². The van der Waals surface area contributed by atoms with E-state index in [9.17, 15) is 18.8 Å². The van der Waals surface area contributed by atoms with E-state index in [4.69, 9.17) is 17.3 Å². The molecule has 3 amide bonds. The van der Waals surface area contributed by atoms with E-state index >= 15 is 0 Å². The molecule has 258 valence electrons. The Hall–Kier alpha value is -4.95. The summed E-state index contributed by atoms with van der Waals surface area (Å²) in [4.78, 5) is 45.6. The lowest BCUT2D eigenvalue weighted by atomic mass is 9.80. The number of rotatable bonds is 12. The maximum absolute atomic E-state index is 14.8. The number of hydrogen-bond acceptors (Lipinski definition) is 4. The van der Waals surface area contributed by atoms with Crippen LogP contribution < -0.4 is 20.9 Å². The Kier molecular flexibility index (Phi) is 11.0. The molecule has 0 aromatic heterocycles. The van der Waals surface area contributed by atoms with E-state index in [-0.39, 0.29) is 36.3 Å². The zero-order valence-electron chi connectivity index (χ0n) is 27.9. The van der Waals surface area contributed by atoms with Crippen LogP contribution in [0.15, 0.2) is 110 Å². The number of anilines is 3. The van der Waals surface area contributed by atoms with E-state index in [1.807, 2.05) is 78.9 Å². The summed E-state index contributed by atoms with van der Waals surface area (Å²) in [5.74, 6) is -2.77. The second kappa shape index (κ2) is 15.7. The van der Waals surface area contributed by atoms with Crippen molar-refractivity contribution >= 4 is 46.4 Å². The fraction of sp³-hybridized carbons (Fsp3) is 0.293. The lowest BCUT2D eigenvalue weighted by Gasteiger charge is -2.30. The Morgan fingerprint density at radius 1 is 0.920 bits per heavy atom. The van der Waals surface area contributed by atoms with E-state index in [1.54, 1.807) is 23.1 Å². The van der Waals surface area contributed by atoms with Gasteiger partial charge in [-0.3, -0.25) is 14.4 Å². The summed E-state index contributed by atoms with van der Waals surface area (Å²) in [6.07, 6.45) is 6.63. The molecule has 2 aliphatic rings. The van der Waals surface area contributed by atoms with Gasteiger partial charge in [0.1, 0.15) is 11.9 Å². The molecule has 0 radical (unpaired) electrons. The Bertz CT molecular complexity index is 1860. The van der Waals surface area contributed by atoms with Gasteiger partial charge in [-0.15, -0.1) is 6.58 Å². The number of fused-ring (bicyclic) bond motifs is 1. The molecule has 1 aliphatic heterocycles. The lowest BCUT2D eigenvalue weighted by Crippen LogP contribution is -2.54. The number of amides is 3. The zero-order chi connectivity index (χ0) is 35.2. The summed E-state index contributed by atoms with van der Waals surface area (Å²) < 4.78 is 13.9. The lowest BCUT2D eigenvalue weighted by molar-refractivity contribution is -0.135. The van der Waals surface area contributed by atoms with Crippen LogP contribution in [0.2, 0.25) is 5.02 Å². The number of allylic oxidation sites excluding steroid dienone is 1. The van der Waals surface area contributed by atoms with Crippen molar-refractivity contribution in [1.29, 1.82) is 0 Å². The molecule has 3 N–H and O–H groups in total. The summed E-state index contributed by atoms with van der Waals surface area (Å²) >= 11 is 6.10. The van der Waals surface area contributed by atoms with Gasteiger partial charge in [-0.1, -0.05) is 98.0 Å². The maximum atomic E-state index is 14.8. The molecule has 3 atom stereocenters. The molecule has 1 unspecified atom stereocenters. The minimum Gasteiger partial charge on any atom is -0.369 e. The van der Waals surface area contributed by atoms with Gasteiger partial charge in [0.2, 0.25) is 11.8 Å². The van der Waals surface area contributed by atoms with Gasteiger partial charge >= 0.3 is 0 Å². The van der Waals surface area contributed by atoms with Crippen molar-refractivity contribution in [3.8, 4) is 11.1 Å². The molecule has 1 heterocycles. The van der Waals surface area contributed by atoms with E-state index < -0.39 is 29.6 Å². The van der Waals surface area contributed by atoms with Crippen molar-refractivity contribution in [3.63, 3.8) is 0 Å². The van der Waals surface area contributed by atoms with Crippen LogP contribution in [0.5, 0.6) is 0 Å². The number of benzene rings is 4. The van der Waals surface area contributed by atoms with Crippen LogP contribution in [0.3, 0.4) is 0 Å². The van der Waals surface area contributed by atoms with E-state index in [0.717, 1.165) is 53.7 Å². The third-order valence-corrected chi connectivity index (χ3v) is 10.3. The van der Waals surface area contributed by atoms with E-state index in [1.165, 1.54) is 6.07 Å². The van der Waals surface area contributed by atoms with Gasteiger partial charge in [-0.05, 0) is 77.9 Å². The van der Waals surface area contributed by atoms with Crippen LogP contribution in [-0.2, 0) is 20.9 Å². The highest BCUT2D eigenvalue weighted by molar-refractivity contribution is 6.31. The standard InChI is InChI=1S/C41H42ClFN4O3/c1-2-11-32(39(44)48)33(23-27-12-6-7-13-27)40(49)45-36-26-46(31-16-4-3-5-17-31)37-18-8-9-19-38(37)47(41(36)50)25-28-14-10-15-29(22-28)30-20-21-35(43)34(42)24-30/h2-5,8-10,14-22,24,27,32-33,36H,1,6-7,11-13,23,25-26H2,(H2,44,48)(H,45,49)/t32-,33+,36?/m0/s1. The van der Waals surface area contributed by atoms with Crippen LogP contribution in [-0.4, -0.2) is 30.3 Å². The van der Waals surface area contributed by atoms with Crippen molar-refractivity contribution in [2.24, 2.45) is 23.5 Å². The number of nitrogens with zero attached hydrogens (tertiary/aromatic N) is 2. The first-order valence-corrected chi connectivity index (χ1v) is 17.6. The van der Waals surface area contributed by atoms with Gasteiger partial charge < -0.3 is 20.9 Å². The molecule has 1 fully saturated rings. The number of carbonyl (C=O) groups excluding carboxylic acids is 3. The van der Waals surface area contributed by atoms with Crippen LogP contribution in [0.25, 0.3) is 11.1 Å². The molecule has 4 aromatic rings. The van der Waals surface area contributed by atoms with Crippen molar-refractivity contribution < 1.29 is 18.8 Å². The monoisotopic (exact) mass is 692 g/mol. The Balaban J connectivity index is 1.38.